The minimum atomic E-state index is -0.613. The van der Waals surface area contributed by atoms with Crippen LogP contribution < -0.4 is 5.32 Å². The van der Waals surface area contributed by atoms with Crippen LogP contribution >= 0.6 is 0 Å². The van der Waals surface area contributed by atoms with Crippen molar-refractivity contribution >= 4 is 6.09 Å². The van der Waals surface area contributed by atoms with Crippen molar-refractivity contribution in [3.8, 4) is 0 Å². The fraction of sp³-hybridized carbons (Fsp3) is 0.214. The highest BCUT2D eigenvalue weighted by atomic mass is 19.1. The van der Waals surface area contributed by atoms with Gasteiger partial charge < -0.3 is 10.1 Å². The molecule has 18 heavy (non-hydrogen) atoms. The Morgan fingerprint density at radius 2 is 2.17 bits per heavy atom. The van der Waals surface area contributed by atoms with Crippen molar-refractivity contribution in [2.45, 2.75) is 19.1 Å². The van der Waals surface area contributed by atoms with Gasteiger partial charge >= 0.3 is 6.09 Å². The smallest absolute Gasteiger partial charge is 0.408 e. The summed E-state index contributed by atoms with van der Waals surface area (Å²) in [5.41, 5.74) is 0.896. The second kappa shape index (κ2) is 6.00. The number of hydrogen-bond acceptors (Lipinski definition) is 2. The van der Waals surface area contributed by atoms with Gasteiger partial charge in [-0.2, -0.15) is 0 Å². The first-order chi connectivity index (χ1) is 8.75. The summed E-state index contributed by atoms with van der Waals surface area (Å²) in [4.78, 5) is 11.5. The Kier molecular flexibility index (Phi) is 4.12. The van der Waals surface area contributed by atoms with Gasteiger partial charge in [-0.3, -0.25) is 0 Å². The number of carbonyl (C=O) groups is 1. The highest BCUT2D eigenvalue weighted by molar-refractivity contribution is 5.68. The second-order valence-corrected chi connectivity index (χ2v) is 3.97. The van der Waals surface area contributed by atoms with Crippen LogP contribution in [0.5, 0.6) is 0 Å². The first-order valence-corrected chi connectivity index (χ1v) is 5.75. The molecule has 2 rings (SSSR count). The van der Waals surface area contributed by atoms with E-state index < -0.39 is 12.1 Å². The Bertz CT molecular complexity index is 468. The molecule has 94 valence electrons. The van der Waals surface area contributed by atoms with Crippen LogP contribution in [-0.2, 0) is 11.3 Å². The van der Waals surface area contributed by atoms with Crippen molar-refractivity contribution < 1.29 is 13.9 Å². The van der Waals surface area contributed by atoms with E-state index in [2.05, 4.69) is 5.32 Å². The molecule has 0 saturated heterocycles. The zero-order valence-electron chi connectivity index (χ0n) is 9.80. The Morgan fingerprint density at radius 3 is 2.89 bits per heavy atom. The maximum Gasteiger partial charge on any atom is 0.408 e. The second-order valence-electron chi connectivity index (χ2n) is 3.97. The molecule has 0 heterocycles. The van der Waals surface area contributed by atoms with Crippen molar-refractivity contribution in [2.75, 3.05) is 0 Å². The maximum atomic E-state index is 13.3. The molecule has 0 saturated carbocycles. The number of amides is 1. The van der Waals surface area contributed by atoms with Crippen LogP contribution in [0.15, 0.2) is 54.4 Å². The van der Waals surface area contributed by atoms with E-state index in [1.165, 1.54) is 6.08 Å². The Balaban J connectivity index is 1.79. The third kappa shape index (κ3) is 3.45. The van der Waals surface area contributed by atoms with E-state index in [0.29, 0.717) is 6.42 Å². The molecule has 1 atom stereocenters. The number of allylic oxidation sites excluding steroid dienone is 2. The maximum absolute atomic E-state index is 13.3. The molecule has 0 bridgehead atoms. The molecular weight excluding hydrogens is 233 g/mol. The van der Waals surface area contributed by atoms with Gasteiger partial charge in [0.05, 0.1) is 6.04 Å². The van der Waals surface area contributed by atoms with Crippen LogP contribution in [0, 0.1) is 0 Å². The topological polar surface area (TPSA) is 38.3 Å². The van der Waals surface area contributed by atoms with Crippen LogP contribution in [0.1, 0.15) is 12.0 Å². The molecule has 1 aliphatic carbocycles. The van der Waals surface area contributed by atoms with Gasteiger partial charge in [0.25, 0.3) is 0 Å². The van der Waals surface area contributed by atoms with Gasteiger partial charge in [0.1, 0.15) is 12.4 Å². The summed E-state index contributed by atoms with van der Waals surface area (Å²) in [5.74, 6) is -0.353. The lowest BCUT2D eigenvalue weighted by molar-refractivity contribution is 0.136. The normalized spacial score (nSPS) is 18.1. The van der Waals surface area contributed by atoms with Gasteiger partial charge in [-0.05, 0) is 18.1 Å². The van der Waals surface area contributed by atoms with Gasteiger partial charge in [0.2, 0.25) is 0 Å². The SMILES string of the molecule is O=C(NC1CC=CC=C1F)OCc1ccccc1. The van der Waals surface area contributed by atoms with Gasteiger partial charge in [0, 0.05) is 0 Å². The summed E-state index contributed by atoms with van der Waals surface area (Å²) < 4.78 is 18.3. The molecule has 1 aromatic carbocycles. The van der Waals surface area contributed by atoms with E-state index in [1.54, 1.807) is 12.2 Å². The number of halogens is 1. The van der Waals surface area contributed by atoms with Crippen molar-refractivity contribution in [1.29, 1.82) is 0 Å². The van der Waals surface area contributed by atoms with Crippen molar-refractivity contribution in [3.63, 3.8) is 0 Å². The molecule has 0 radical (unpaired) electrons. The minimum Gasteiger partial charge on any atom is -0.445 e. The number of carbonyl (C=O) groups excluding carboxylic acids is 1. The van der Waals surface area contributed by atoms with E-state index in [0.717, 1.165) is 5.56 Å². The van der Waals surface area contributed by atoms with Crippen molar-refractivity contribution in [1.82, 2.24) is 5.32 Å². The van der Waals surface area contributed by atoms with Crippen molar-refractivity contribution in [3.05, 3.63) is 60.0 Å². The summed E-state index contributed by atoms with van der Waals surface area (Å²) in [5, 5.41) is 2.48. The van der Waals surface area contributed by atoms with Gasteiger partial charge in [-0.1, -0.05) is 42.5 Å². The van der Waals surface area contributed by atoms with E-state index in [4.69, 9.17) is 4.74 Å². The number of nitrogens with one attached hydrogen (secondary N) is 1. The number of hydrogen-bond donors (Lipinski definition) is 1. The van der Waals surface area contributed by atoms with E-state index in [-0.39, 0.29) is 12.4 Å². The lowest BCUT2D eigenvalue weighted by Crippen LogP contribution is -2.36. The molecule has 0 aromatic heterocycles. The molecule has 0 aliphatic heterocycles. The first kappa shape index (κ1) is 12.4. The van der Waals surface area contributed by atoms with Gasteiger partial charge in [0.15, 0.2) is 0 Å². The summed E-state index contributed by atoms with van der Waals surface area (Å²) in [7, 11) is 0. The first-order valence-electron chi connectivity index (χ1n) is 5.75. The predicted molar refractivity (Wildman–Crippen MR) is 66.5 cm³/mol. The molecule has 4 heteroatoms. The van der Waals surface area contributed by atoms with Crippen molar-refractivity contribution in [2.24, 2.45) is 0 Å². The number of benzene rings is 1. The lowest BCUT2D eigenvalue weighted by Gasteiger charge is -2.17. The molecule has 1 N–H and O–H groups in total. The molecule has 3 nitrogen and oxygen atoms in total. The predicted octanol–water partition coefficient (Wildman–Crippen LogP) is 3.09. The molecule has 1 aliphatic rings. The molecule has 0 fully saturated rings. The van der Waals surface area contributed by atoms with Gasteiger partial charge in [-0.25, -0.2) is 9.18 Å². The summed E-state index contributed by atoms with van der Waals surface area (Å²) in [6.45, 7) is 0.181. The molecule has 1 amide bonds. The highest BCUT2D eigenvalue weighted by Crippen LogP contribution is 2.14. The Hall–Kier alpha value is -2.10. The van der Waals surface area contributed by atoms with Crippen LogP contribution in [0.2, 0.25) is 0 Å². The largest absolute Gasteiger partial charge is 0.445 e. The van der Waals surface area contributed by atoms with Crippen LogP contribution in [-0.4, -0.2) is 12.1 Å². The number of rotatable bonds is 3. The van der Waals surface area contributed by atoms with E-state index in [1.807, 2.05) is 30.3 Å². The van der Waals surface area contributed by atoms with Crippen LogP contribution in [0.4, 0.5) is 9.18 Å². The monoisotopic (exact) mass is 247 g/mol. The lowest BCUT2D eigenvalue weighted by atomic mass is 10.1. The zero-order chi connectivity index (χ0) is 12.8. The Labute approximate surface area is 105 Å². The van der Waals surface area contributed by atoms with Crippen LogP contribution in [0.25, 0.3) is 0 Å². The third-order valence-electron chi connectivity index (χ3n) is 2.60. The van der Waals surface area contributed by atoms with E-state index in [9.17, 15) is 9.18 Å². The number of alkyl carbamates (subject to hydrolysis) is 1. The fourth-order valence-corrected chi connectivity index (χ4v) is 1.64. The molecule has 1 aromatic rings. The third-order valence-corrected chi connectivity index (χ3v) is 2.60. The van der Waals surface area contributed by atoms with Crippen LogP contribution in [0.3, 0.4) is 0 Å². The average molecular weight is 247 g/mol. The summed E-state index contributed by atoms with van der Waals surface area (Å²) in [6, 6.07) is 8.72. The summed E-state index contributed by atoms with van der Waals surface area (Å²) >= 11 is 0. The molecule has 1 unspecified atom stereocenters. The minimum absolute atomic E-state index is 0.181. The average Bonchev–Trinajstić information content (AvgIpc) is 2.40. The fourth-order valence-electron chi connectivity index (χ4n) is 1.64. The molecule has 0 spiro atoms. The quantitative estimate of drug-likeness (QED) is 0.891. The summed E-state index contributed by atoms with van der Waals surface area (Å²) in [6.07, 6.45) is 4.60. The Morgan fingerprint density at radius 1 is 1.39 bits per heavy atom. The number of ether oxygens (including phenoxy) is 1. The zero-order valence-corrected chi connectivity index (χ0v) is 9.80. The van der Waals surface area contributed by atoms with Gasteiger partial charge in [-0.15, -0.1) is 0 Å². The highest BCUT2D eigenvalue weighted by Gasteiger charge is 2.18. The molecular formula is C14H14FNO2. The van der Waals surface area contributed by atoms with E-state index >= 15 is 0 Å². The standard InChI is InChI=1S/C14H14FNO2/c15-12-8-4-5-9-13(12)16-14(17)18-10-11-6-2-1-3-7-11/h1-8,13H,9-10H2,(H,16,17).